The molecule has 7 heteroatoms. The number of carbonyl (C=O) groups excluding carboxylic acids is 2. The van der Waals surface area contributed by atoms with Gasteiger partial charge in [-0.15, -0.1) is 0 Å². The van der Waals surface area contributed by atoms with E-state index in [4.69, 9.17) is 30.8 Å². The van der Waals surface area contributed by atoms with Gasteiger partial charge < -0.3 is 14.2 Å². The first kappa shape index (κ1) is 26.0. The highest BCUT2D eigenvalue weighted by Crippen LogP contribution is 2.47. The molecule has 0 fully saturated rings. The van der Waals surface area contributed by atoms with Crippen LogP contribution in [0.4, 0.5) is 0 Å². The van der Waals surface area contributed by atoms with Gasteiger partial charge in [0.25, 0.3) is 0 Å². The Hall–Kier alpha value is -3.12. The van der Waals surface area contributed by atoms with Crippen LogP contribution in [-0.2, 0) is 14.3 Å². The summed E-state index contributed by atoms with van der Waals surface area (Å²) in [5.41, 5.74) is 3.83. The number of ketones is 1. The van der Waals surface area contributed by atoms with Crippen molar-refractivity contribution in [2.45, 2.75) is 58.0 Å². The lowest BCUT2D eigenvalue weighted by molar-refractivity contribution is -0.151. The number of Topliss-reactive ketones (excluding diaryl/α,β-unsaturated/α-hetero) is 1. The molecule has 1 unspecified atom stereocenters. The quantitative estimate of drug-likeness (QED) is 0.411. The molecule has 1 aliphatic carbocycles. The number of carbonyl (C=O) groups is 2. The molecule has 0 spiro atoms. The second kappa shape index (κ2) is 10.9. The molecule has 6 nitrogen and oxygen atoms in total. The van der Waals surface area contributed by atoms with E-state index >= 15 is 0 Å². The highest BCUT2D eigenvalue weighted by molar-refractivity contribution is 6.30. The summed E-state index contributed by atoms with van der Waals surface area (Å²) in [7, 11) is 3.19. The maximum atomic E-state index is 13.7. The molecule has 0 aromatic heterocycles. The number of allylic oxidation sites excluding steroid dienone is 2. The molecule has 0 saturated heterocycles. The second-order valence-corrected chi connectivity index (χ2v) is 9.86. The first-order chi connectivity index (χ1) is 17.3. The fourth-order valence-electron chi connectivity index (χ4n) is 5.09. The van der Waals surface area contributed by atoms with E-state index in [0.29, 0.717) is 47.1 Å². The molecule has 190 valence electrons. The topological polar surface area (TPSA) is 74.2 Å². The van der Waals surface area contributed by atoms with Crippen LogP contribution in [0.3, 0.4) is 0 Å². The van der Waals surface area contributed by atoms with Crippen molar-refractivity contribution in [2.24, 2.45) is 10.9 Å². The number of halogens is 1. The molecule has 4 rings (SSSR count). The maximum Gasteiger partial charge on any atom is 0.315 e. The van der Waals surface area contributed by atoms with E-state index in [0.717, 1.165) is 16.8 Å². The number of hydrogen-bond donors (Lipinski definition) is 0. The van der Waals surface area contributed by atoms with Gasteiger partial charge in [0.2, 0.25) is 0 Å². The van der Waals surface area contributed by atoms with E-state index in [1.807, 2.05) is 51.1 Å². The van der Waals surface area contributed by atoms with Crippen molar-refractivity contribution in [3.8, 4) is 11.5 Å². The summed E-state index contributed by atoms with van der Waals surface area (Å²) < 4.78 is 16.6. The van der Waals surface area contributed by atoms with Gasteiger partial charge >= 0.3 is 5.97 Å². The minimum Gasteiger partial charge on any atom is -0.493 e. The van der Waals surface area contributed by atoms with E-state index < -0.39 is 11.8 Å². The number of methoxy groups -OCH3 is 2. The molecule has 2 aliphatic rings. The van der Waals surface area contributed by atoms with Crippen LogP contribution in [0.5, 0.6) is 11.5 Å². The highest BCUT2D eigenvalue weighted by Gasteiger charge is 2.45. The largest absolute Gasteiger partial charge is 0.493 e. The lowest BCUT2D eigenvalue weighted by Gasteiger charge is -2.37. The minimum atomic E-state index is -0.666. The Balaban J connectivity index is 1.76. The number of rotatable bonds is 7. The second-order valence-electron chi connectivity index (χ2n) is 9.42. The number of nitrogens with zero attached hydrogens (tertiary/aromatic N) is 1. The van der Waals surface area contributed by atoms with Gasteiger partial charge in [0.1, 0.15) is 5.92 Å². The summed E-state index contributed by atoms with van der Waals surface area (Å²) in [6.07, 6.45) is 1.40. The van der Waals surface area contributed by atoms with Crippen molar-refractivity contribution in [3.63, 3.8) is 0 Å². The smallest absolute Gasteiger partial charge is 0.315 e. The van der Waals surface area contributed by atoms with Gasteiger partial charge in [-0.3, -0.25) is 14.6 Å². The van der Waals surface area contributed by atoms with E-state index in [9.17, 15) is 9.59 Å². The summed E-state index contributed by atoms with van der Waals surface area (Å²) in [6.45, 7) is 5.68. The zero-order valence-corrected chi connectivity index (χ0v) is 22.1. The van der Waals surface area contributed by atoms with Crippen molar-refractivity contribution < 1.29 is 23.8 Å². The van der Waals surface area contributed by atoms with Gasteiger partial charge in [0, 0.05) is 34.3 Å². The van der Waals surface area contributed by atoms with E-state index in [1.54, 1.807) is 26.4 Å². The molecular formula is C29H32ClNO5. The predicted molar refractivity (Wildman–Crippen MR) is 140 cm³/mol. The Bertz CT molecular complexity index is 1220. The van der Waals surface area contributed by atoms with Crippen molar-refractivity contribution in [1.29, 1.82) is 0 Å². The van der Waals surface area contributed by atoms with Crippen LogP contribution in [-0.4, -0.2) is 37.8 Å². The van der Waals surface area contributed by atoms with Crippen LogP contribution >= 0.6 is 11.6 Å². The molecule has 2 aromatic carbocycles. The standard InChI is InChI=1S/C29H32ClNO5/c1-6-16(2)36-29(33)26-17(3)31-22-13-20(19-9-12-24(34-4)25(15-19)35-5)14-23(32)28(22)27(26)18-7-10-21(30)11-8-18/h7-12,15-16,20,26-27H,6,13-14H2,1-5H3/t16-,20+,26?,27-/m0/s1. The number of esters is 1. The van der Waals surface area contributed by atoms with Crippen molar-refractivity contribution >= 4 is 29.1 Å². The monoisotopic (exact) mass is 509 g/mol. The summed E-state index contributed by atoms with van der Waals surface area (Å²) in [4.78, 5) is 31.9. The molecule has 0 N–H and O–H groups in total. The highest BCUT2D eigenvalue weighted by atomic mass is 35.5. The van der Waals surface area contributed by atoms with Gasteiger partial charge in [0.05, 0.1) is 20.3 Å². The first-order valence-electron chi connectivity index (χ1n) is 12.3. The lowest BCUT2D eigenvalue weighted by Crippen LogP contribution is -2.39. The van der Waals surface area contributed by atoms with Crippen molar-refractivity contribution in [2.75, 3.05) is 14.2 Å². The third kappa shape index (κ3) is 5.05. The maximum absolute atomic E-state index is 13.7. The zero-order valence-electron chi connectivity index (χ0n) is 21.3. The molecule has 4 atom stereocenters. The summed E-state index contributed by atoms with van der Waals surface area (Å²) in [5, 5.41) is 0.594. The zero-order chi connectivity index (χ0) is 26.0. The van der Waals surface area contributed by atoms with Gasteiger partial charge in [-0.05, 0) is 68.0 Å². The molecule has 0 radical (unpaired) electrons. The molecule has 2 aromatic rings. The Morgan fingerprint density at radius 2 is 1.72 bits per heavy atom. The molecule has 0 amide bonds. The van der Waals surface area contributed by atoms with Crippen molar-refractivity contribution in [1.82, 2.24) is 0 Å². The molecule has 36 heavy (non-hydrogen) atoms. The van der Waals surface area contributed by atoms with Gasteiger partial charge in [-0.1, -0.05) is 36.7 Å². The lowest BCUT2D eigenvalue weighted by atomic mass is 9.69. The average Bonchev–Trinajstić information content (AvgIpc) is 2.87. The van der Waals surface area contributed by atoms with Crippen LogP contribution < -0.4 is 9.47 Å². The molecule has 1 aliphatic heterocycles. The summed E-state index contributed by atoms with van der Waals surface area (Å²) in [6, 6.07) is 13.1. The summed E-state index contributed by atoms with van der Waals surface area (Å²) >= 11 is 6.15. The third-order valence-electron chi connectivity index (χ3n) is 7.14. The predicted octanol–water partition coefficient (Wildman–Crippen LogP) is 6.27. The third-order valence-corrected chi connectivity index (χ3v) is 7.39. The van der Waals surface area contributed by atoms with Gasteiger partial charge in [-0.2, -0.15) is 0 Å². The normalized spacial score (nSPS) is 22.4. The Morgan fingerprint density at radius 3 is 2.36 bits per heavy atom. The number of benzene rings is 2. The first-order valence-corrected chi connectivity index (χ1v) is 12.6. The van der Waals surface area contributed by atoms with Crippen molar-refractivity contribution in [3.05, 3.63) is 69.9 Å². The number of hydrogen-bond acceptors (Lipinski definition) is 6. The minimum absolute atomic E-state index is 0.00595. The van der Waals surface area contributed by atoms with Gasteiger partial charge in [-0.25, -0.2) is 0 Å². The fraction of sp³-hybridized carbons (Fsp3) is 0.414. The van der Waals surface area contributed by atoms with Crippen LogP contribution in [0.25, 0.3) is 0 Å². The molecular weight excluding hydrogens is 478 g/mol. The van der Waals surface area contributed by atoms with Crippen LogP contribution in [0, 0.1) is 5.92 Å². The number of aliphatic imine (C=N–C) groups is 1. The average molecular weight is 510 g/mol. The Labute approximate surface area is 217 Å². The Morgan fingerprint density at radius 1 is 1.06 bits per heavy atom. The van der Waals surface area contributed by atoms with Crippen LogP contribution in [0.2, 0.25) is 5.02 Å². The fourth-order valence-corrected chi connectivity index (χ4v) is 5.22. The van der Waals surface area contributed by atoms with Crippen LogP contribution in [0.15, 0.2) is 58.7 Å². The van der Waals surface area contributed by atoms with E-state index in [-0.39, 0.29) is 23.8 Å². The van der Waals surface area contributed by atoms with Gasteiger partial charge in [0.15, 0.2) is 17.3 Å². The van der Waals surface area contributed by atoms with Crippen LogP contribution in [0.1, 0.15) is 63.0 Å². The van der Waals surface area contributed by atoms with E-state index in [1.165, 1.54) is 0 Å². The molecule has 0 bridgehead atoms. The molecule has 0 saturated carbocycles. The summed E-state index contributed by atoms with van der Waals surface area (Å²) in [5.74, 6) is -0.286. The SMILES string of the molecule is CC[C@H](C)OC(=O)C1C(C)=NC2=C(C(=O)C[C@H](c3ccc(OC)c(OC)c3)C2)[C@H]1c1ccc(Cl)cc1. The number of ether oxygens (including phenoxy) is 3. The Kier molecular flexibility index (Phi) is 7.84. The van der Waals surface area contributed by atoms with E-state index in [2.05, 4.69) is 0 Å². The molecule has 1 heterocycles.